The van der Waals surface area contributed by atoms with Crippen LogP contribution in [-0.2, 0) is 9.59 Å². The molecule has 9 heteroatoms. The van der Waals surface area contributed by atoms with Crippen LogP contribution in [0.5, 0.6) is 5.75 Å². The molecule has 2 aliphatic rings. The number of piperidine rings is 1. The van der Waals surface area contributed by atoms with E-state index in [0.29, 0.717) is 57.1 Å². The Bertz CT molecular complexity index is 1270. The Morgan fingerprint density at radius 3 is 2.58 bits per heavy atom. The SMILES string of the molecule is CCOc1ccc2nc(N3CCC(C(=O)N4CCNC(=O)[C@@H]4c4ccc(F)cc4)CC3)nc(C)c2c1. The predicted molar refractivity (Wildman–Crippen MR) is 134 cm³/mol. The summed E-state index contributed by atoms with van der Waals surface area (Å²) in [5.41, 5.74) is 2.36. The maximum Gasteiger partial charge on any atom is 0.247 e. The van der Waals surface area contributed by atoms with E-state index in [2.05, 4.69) is 10.2 Å². The normalized spacial score (nSPS) is 18.9. The zero-order valence-electron chi connectivity index (χ0n) is 20.5. The first-order valence-corrected chi connectivity index (χ1v) is 12.4. The molecule has 0 aliphatic carbocycles. The van der Waals surface area contributed by atoms with Crippen molar-refractivity contribution in [1.29, 1.82) is 0 Å². The van der Waals surface area contributed by atoms with Gasteiger partial charge in [-0.15, -0.1) is 0 Å². The first-order valence-electron chi connectivity index (χ1n) is 12.4. The molecule has 3 heterocycles. The van der Waals surface area contributed by atoms with Crippen LogP contribution in [-0.4, -0.2) is 59.5 Å². The number of aromatic nitrogens is 2. The summed E-state index contributed by atoms with van der Waals surface area (Å²) in [6.45, 7) is 6.67. The van der Waals surface area contributed by atoms with Crippen LogP contribution in [0.1, 0.15) is 37.1 Å². The maximum absolute atomic E-state index is 13.5. The van der Waals surface area contributed by atoms with Crippen molar-refractivity contribution < 1.29 is 18.7 Å². The first-order chi connectivity index (χ1) is 17.4. The summed E-state index contributed by atoms with van der Waals surface area (Å²) >= 11 is 0. The molecule has 1 aromatic heterocycles. The lowest BCUT2D eigenvalue weighted by Gasteiger charge is -2.39. The zero-order chi connectivity index (χ0) is 25.2. The van der Waals surface area contributed by atoms with Gasteiger partial charge in [-0.25, -0.2) is 14.4 Å². The van der Waals surface area contributed by atoms with Gasteiger partial charge in [0.2, 0.25) is 17.8 Å². The third-order valence-electron chi connectivity index (χ3n) is 6.96. The van der Waals surface area contributed by atoms with E-state index in [1.165, 1.54) is 12.1 Å². The smallest absolute Gasteiger partial charge is 0.247 e. The van der Waals surface area contributed by atoms with Crippen molar-refractivity contribution in [2.24, 2.45) is 5.92 Å². The lowest BCUT2D eigenvalue weighted by molar-refractivity contribution is -0.147. The number of carbonyl (C=O) groups excluding carboxylic acids is 2. The highest BCUT2D eigenvalue weighted by Gasteiger charge is 2.38. The fourth-order valence-electron chi connectivity index (χ4n) is 5.08. The number of rotatable bonds is 5. The third kappa shape index (κ3) is 4.69. The summed E-state index contributed by atoms with van der Waals surface area (Å²) in [5, 5.41) is 3.80. The molecular formula is C27H30FN5O3. The Hall–Kier alpha value is -3.75. The molecule has 2 amide bonds. The molecule has 3 aromatic rings. The number of hydrogen-bond donors (Lipinski definition) is 1. The van der Waals surface area contributed by atoms with Gasteiger partial charge in [-0.1, -0.05) is 12.1 Å². The average Bonchev–Trinajstić information content (AvgIpc) is 2.89. The van der Waals surface area contributed by atoms with Crippen molar-refractivity contribution in [2.45, 2.75) is 32.7 Å². The molecule has 2 fully saturated rings. The molecule has 2 saturated heterocycles. The summed E-state index contributed by atoms with van der Waals surface area (Å²) < 4.78 is 19.0. The van der Waals surface area contributed by atoms with E-state index in [0.717, 1.165) is 22.3 Å². The van der Waals surface area contributed by atoms with Crippen LogP contribution < -0.4 is 15.0 Å². The Morgan fingerprint density at radius 2 is 1.86 bits per heavy atom. The molecule has 0 radical (unpaired) electrons. The number of aryl methyl sites for hydroxylation is 1. The Balaban J connectivity index is 1.29. The van der Waals surface area contributed by atoms with Crippen LogP contribution >= 0.6 is 0 Å². The average molecular weight is 492 g/mol. The molecule has 0 saturated carbocycles. The largest absolute Gasteiger partial charge is 0.494 e. The summed E-state index contributed by atoms with van der Waals surface area (Å²) in [5.74, 6) is 0.640. The highest BCUT2D eigenvalue weighted by atomic mass is 19.1. The molecule has 1 N–H and O–H groups in total. The molecule has 1 atom stereocenters. The first kappa shape index (κ1) is 24.0. The Labute approximate surface area is 209 Å². The number of nitrogens with zero attached hydrogens (tertiary/aromatic N) is 4. The van der Waals surface area contributed by atoms with E-state index in [-0.39, 0.29) is 23.5 Å². The van der Waals surface area contributed by atoms with Crippen LogP contribution in [0.15, 0.2) is 42.5 Å². The van der Waals surface area contributed by atoms with E-state index in [4.69, 9.17) is 14.7 Å². The standard InChI is InChI=1S/C27H30FN5O3/c1-3-36-21-8-9-23-22(16-21)17(2)30-27(31-23)32-13-10-19(11-14-32)26(35)33-15-12-29-25(34)24(33)18-4-6-20(28)7-5-18/h4-9,16,19,24H,3,10-15H2,1-2H3,(H,29,34)/t24-/m0/s1. The quantitative estimate of drug-likeness (QED) is 0.589. The fraction of sp³-hybridized carbons (Fsp3) is 0.407. The zero-order valence-corrected chi connectivity index (χ0v) is 20.5. The third-order valence-corrected chi connectivity index (χ3v) is 6.96. The molecule has 0 bridgehead atoms. The minimum absolute atomic E-state index is 0.0297. The number of piperazine rings is 1. The topological polar surface area (TPSA) is 87.7 Å². The van der Waals surface area contributed by atoms with Crippen LogP contribution in [0, 0.1) is 18.7 Å². The molecular weight excluding hydrogens is 461 g/mol. The van der Waals surface area contributed by atoms with Crippen molar-refractivity contribution in [3.8, 4) is 5.75 Å². The monoisotopic (exact) mass is 491 g/mol. The van der Waals surface area contributed by atoms with Gasteiger partial charge in [-0.3, -0.25) is 9.59 Å². The van der Waals surface area contributed by atoms with Crippen molar-refractivity contribution in [3.05, 3.63) is 59.5 Å². The van der Waals surface area contributed by atoms with Gasteiger partial charge in [0.15, 0.2) is 0 Å². The van der Waals surface area contributed by atoms with Gasteiger partial charge < -0.3 is 19.9 Å². The molecule has 0 spiro atoms. The number of halogens is 1. The molecule has 5 rings (SSSR count). The predicted octanol–water partition coefficient (Wildman–Crippen LogP) is 3.39. The van der Waals surface area contributed by atoms with Gasteiger partial charge in [0, 0.05) is 37.5 Å². The number of amides is 2. The lowest BCUT2D eigenvalue weighted by Crippen LogP contribution is -2.54. The number of hydrogen-bond acceptors (Lipinski definition) is 6. The molecule has 8 nitrogen and oxygen atoms in total. The molecule has 2 aliphatic heterocycles. The number of carbonyl (C=O) groups is 2. The van der Waals surface area contributed by atoms with Gasteiger partial charge in [0.25, 0.3) is 0 Å². The number of fused-ring (bicyclic) bond motifs is 1. The minimum atomic E-state index is -0.738. The fourth-order valence-corrected chi connectivity index (χ4v) is 5.08. The van der Waals surface area contributed by atoms with E-state index in [1.54, 1.807) is 17.0 Å². The number of anilines is 1. The summed E-state index contributed by atoms with van der Waals surface area (Å²) in [4.78, 5) is 39.5. The Kier molecular flexibility index (Phi) is 6.71. The number of nitrogens with one attached hydrogen (secondary N) is 1. The van der Waals surface area contributed by atoms with Crippen molar-refractivity contribution in [2.75, 3.05) is 37.7 Å². The van der Waals surface area contributed by atoms with E-state index in [1.807, 2.05) is 32.0 Å². The second-order valence-corrected chi connectivity index (χ2v) is 9.26. The maximum atomic E-state index is 13.5. The highest BCUT2D eigenvalue weighted by molar-refractivity contribution is 5.90. The van der Waals surface area contributed by atoms with E-state index in [9.17, 15) is 14.0 Å². The van der Waals surface area contributed by atoms with Crippen LogP contribution in [0.3, 0.4) is 0 Å². The second kappa shape index (κ2) is 10.1. The number of ether oxygens (including phenoxy) is 1. The van der Waals surface area contributed by atoms with Gasteiger partial charge in [0.05, 0.1) is 17.8 Å². The van der Waals surface area contributed by atoms with Crippen LogP contribution in [0.25, 0.3) is 10.9 Å². The van der Waals surface area contributed by atoms with E-state index < -0.39 is 6.04 Å². The van der Waals surface area contributed by atoms with Crippen LogP contribution in [0.4, 0.5) is 10.3 Å². The van der Waals surface area contributed by atoms with Gasteiger partial charge in [0.1, 0.15) is 17.6 Å². The highest BCUT2D eigenvalue weighted by Crippen LogP contribution is 2.30. The van der Waals surface area contributed by atoms with Crippen molar-refractivity contribution in [1.82, 2.24) is 20.2 Å². The van der Waals surface area contributed by atoms with Gasteiger partial charge in [-0.05, 0) is 62.6 Å². The molecule has 2 aromatic carbocycles. The van der Waals surface area contributed by atoms with Gasteiger partial charge in [-0.2, -0.15) is 0 Å². The molecule has 36 heavy (non-hydrogen) atoms. The summed E-state index contributed by atoms with van der Waals surface area (Å²) in [6, 6.07) is 10.9. The van der Waals surface area contributed by atoms with Gasteiger partial charge >= 0.3 is 0 Å². The molecule has 188 valence electrons. The Morgan fingerprint density at radius 1 is 1.11 bits per heavy atom. The lowest BCUT2D eigenvalue weighted by atomic mass is 9.93. The molecule has 0 unspecified atom stereocenters. The minimum Gasteiger partial charge on any atom is -0.494 e. The second-order valence-electron chi connectivity index (χ2n) is 9.26. The van der Waals surface area contributed by atoms with E-state index >= 15 is 0 Å². The summed E-state index contributed by atoms with van der Waals surface area (Å²) in [6.07, 6.45) is 1.30. The van der Waals surface area contributed by atoms with Crippen molar-refractivity contribution in [3.63, 3.8) is 0 Å². The van der Waals surface area contributed by atoms with Crippen molar-refractivity contribution >= 4 is 28.7 Å². The number of benzene rings is 2. The van der Waals surface area contributed by atoms with Crippen LogP contribution in [0.2, 0.25) is 0 Å². The summed E-state index contributed by atoms with van der Waals surface area (Å²) in [7, 11) is 0.